The molecular weight excluding hydrogens is 614 g/mol. The number of likely N-dealkylation sites (N-methyl/N-ethyl adjacent to an activating group) is 1. The van der Waals surface area contributed by atoms with E-state index in [9.17, 15) is 29.1 Å². The molecule has 13 heteroatoms. The minimum Gasteiger partial charge on any atom is -0.396 e. The Hall–Kier alpha value is -3.58. The Bertz CT molecular complexity index is 1160. The van der Waals surface area contributed by atoms with Gasteiger partial charge in [-0.1, -0.05) is 61.3 Å². The molecule has 0 fully saturated rings. The SMILES string of the molecule is CCCC(NC(=O)[C@@H](NC(=O)c1cc[n+](C)cc1)[C@@H](C)CC)C(=O)N[C@H](CN[C@@H](CCO)C(=O)N[C@H](C(=O)NCC)C(C)C)CC(C)C. The fourth-order valence-corrected chi connectivity index (χ4v) is 5.27. The number of hydrogen-bond acceptors (Lipinski definition) is 7. The number of hydrogen-bond donors (Lipinski definition) is 7. The third-order valence-corrected chi connectivity index (χ3v) is 8.28. The van der Waals surface area contributed by atoms with Crippen LogP contribution in [0.15, 0.2) is 24.5 Å². The van der Waals surface area contributed by atoms with E-state index in [0.717, 1.165) is 0 Å². The Kier molecular flexibility index (Phi) is 19.6. The smallest absolute Gasteiger partial charge is 0.252 e. The summed E-state index contributed by atoms with van der Waals surface area (Å²) in [4.78, 5) is 66.0. The first-order chi connectivity index (χ1) is 22.7. The maximum atomic E-state index is 13.7. The van der Waals surface area contributed by atoms with Crippen molar-refractivity contribution in [3.63, 3.8) is 0 Å². The summed E-state index contributed by atoms with van der Waals surface area (Å²) in [6.45, 7) is 15.7. The molecule has 1 aromatic rings. The molecule has 0 aliphatic rings. The molecule has 0 spiro atoms. The summed E-state index contributed by atoms with van der Waals surface area (Å²) in [5.41, 5.74) is 0.429. The number of nitrogens with zero attached hydrogens (tertiary/aromatic N) is 1. The van der Waals surface area contributed by atoms with Crippen molar-refractivity contribution in [2.45, 2.75) is 118 Å². The first kappa shape index (κ1) is 42.4. The van der Waals surface area contributed by atoms with Crippen LogP contribution in [0.5, 0.6) is 0 Å². The average Bonchev–Trinajstić information content (AvgIpc) is 3.03. The van der Waals surface area contributed by atoms with E-state index in [1.54, 1.807) is 31.5 Å². The number of pyridine rings is 1. The summed E-state index contributed by atoms with van der Waals surface area (Å²) in [6, 6.07) is -0.243. The number of aryl methyl sites for hydroxylation is 1. The molecule has 0 saturated heterocycles. The third-order valence-electron chi connectivity index (χ3n) is 8.28. The van der Waals surface area contributed by atoms with E-state index in [2.05, 4.69) is 31.9 Å². The largest absolute Gasteiger partial charge is 0.396 e. The van der Waals surface area contributed by atoms with Crippen LogP contribution >= 0.6 is 0 Å². The summed E-state index contributed by atoms with van der Waals surface area (Å²) in [5, 5.41) is 27.2. The maximum Gasteiger partial charge on any atom is 0.252 e. The van der Waals surface area contributed by atoms with Crippen molar-refractivity contribution < 1.29 is 33.6 Å². The molecule has 0 bridgehead atoms. The van der Waals surface area contributed by atoms with Gasteiger partial charge >= 0.3 is 0 Å². The van der Waals surface area contributed by atoms with Gasteiger partial charge in [0.2, 0.25) is 23.6 Å². The fraction of sp³-hybridized carbons (Fsp3) is 0.714. The number of aromatic nitrogens is 1. The quantitative estimate of drug-likeness (QED) is 0.0898. The molecule has 13 nitrogen and oxygen atoms in total. The van der Waals surface area contributed by atoms with Gasteiger partial charge in [0.15, 0.2) is 12.4 Å². The summed E-state index contributed by atoms with van der Waals surface area (Å²) >= 11 is 0. The summed E-state index contributed by atoms with van der Waals surface area (Å²) in [6.07, 6.45) is 5.88. The van der Waals surface area contributed by atoms with Crippen LogP contribution in [0, 0.1) is 17.8 Å². The number of amides is 5. The topological polar surface area (TPSA) is 182 Å². The second-order valence-corrected chi connectivity index (χ2v) is 13.4. The van der Waals surface area contributed by atoms with E-state index in [4.69, 9.17) is 0 Å². The molecule has 0 aromatic carbocycles. The molecule has 0 aliphatic heterocycles. The molecule has 48 heavy (non-hydrogen) atoms. The Balaban J connectivity index is 3.07. The number of aliphatic hydroxyl groups excluding tert-OH is 1. The predicted molar refractivity (Wildman–Crippen MR) is 185 cm³/mol. The minimum absolute atomic E-state index is 0.118. The van der Waals surface area contributed by atoms with Crippen molar-refractivity contribution in [1.82, 2.24) is 31.9 Å². The van der Waals surface area contributed by atoms with Gasteiger partial charge in [-0.05, 0) is 43.9 Å². The number of nitrogens with one attached hydrogen (secondary N) is 6. The fourth-order valence-electron chi connectivity index (χ4n) is 5.27. The van der Waals surface area contributed by atoms with Crippen molar-refractivity contribution in [2.24, 2.45) is 24.8 Å². The Morgan fingerprint density at radius 1 is 0.771 bits per heavy atom. The molecule has 6 atom stereocenters. The van der Waals surface area contributed by atoms with E-state index in [0.29, 0.717) is 37.8 Å². The van der Waals surface area contributed by atoms with Gasteiger partial charge in [0.05, 0.1) is 11.6 Å². The van der Waals surface area contributed by atoms with Crippen LogP contribution in [0.25, 0.3) is 0 Å². The van der Waals surface area contributed by atoms with Crippen molar-refractivity contribution in [3.05, 3.63) is 30.1 Å². The second-order valence-electron chi connectivity index (χ2n) is 13.4. The summed E-state index contributed by atoms with van der Waals surface area (Å²) in [5.74, 6) is -1.99. The predicted octanol–water partition coefficient (Wildman–Crippen LogP) is 1.09. The van der Waals surface area contributed by atoms with Gasteiger partial charge in [-0.15, -0.1) is 0 Å². The molecule has 1 heterocycles. The Morgan fingerprint density at radius 2 is 1.40 bits per heavy atom. The highest BCUT2D eigenvalue weighted by Gasteiger charge is 2.32. The van der Waals surface area contributed by atoms with Gasteiger partial charge < -0.3 is 37.0 Å². The zero-order valence-corrected chi connectivity index (χ0v) is 30.5. The number of carbonyl (C=O) groups is 5. The van der Waals surface area contributed by atoms with Crippen molar-refractivity contribution in [2.75, 3.05) is 19.7 Å². The summed E-state index contributed by atoms with van der Waals surface area (Å²) in [7, 11) is 1.85. The lowest BCUT2D eigenvalue weighted by atomic mass is 9.97. The molecule has 7 N–H and O–H groups in total. The molecule has 5 amide bonds. The van der Waals surface area contributed by atoms with Crippen LogP contribution < -0.4 is 36.5 Å². The maximum absolute atomic E-state index is 13.7. The van der Waals surface area contributed by atoms with Crippen LogP contribution in [0.3, 0.4) is 0 Å². The monoisotopic (exact) mass is 676 g/mol. The number of carbonyl (C=O) groups excluding carboxylic acids is 5. The third kappa shape index (κ3) is 14.7. The van der Waals surface area contributed by atoms with E-state index in [-0.39, 0.29) is 55.0 Å². The molecule has 0 radical (unpaired) electrons. The Labute approximate surface area is 287 Å². The average molecular weight is 677 g/mol. The lowest BCUT2D eigenvalue weighted by molar-refractivity contribution is -0.671. The zero-order valence-electron chi connectivity index (χ0n) is 30.5. The van der Waals surface area contributed by atoms with Crippen molar-refractivity contribution in [1.29, 1.82) is 0 Å². The highest BCUT2D eigenvalue weighted by Crippen LogP contribution is 2.12. The Morgan fingerprint density at radius 3 is 1.92 bits per heavy atom. The van der Waals surface area contributed by atoms with Crippen LogP contribution in [0.2, 0.25) is 0 Å². The van der Waals surface area contributed by atoms with Crippen molar-refractivity contribution in [3.8, 4) is 0 Å². The van der Waals surface area contributed by atoms with Crippen LogP contribution in [-0.4, -0.2) is 84.5 Å². The lowest BCUT2D eigenvalue weighted by Gasteiger charge is -2.29. The zero-order chi connectivity index (χ0) is 36.4. The number of rotatable bonds is 22. The first-order valence-corrected chi connectivity index (χ1v) is 17.5. The van der Waals surface area contributed by atoms with Gasteiger partial charge in [0, 0.05) is 37.9 Å². The molecule has 0 aliphatic carbocycles. The van der Waals surface area contributed by atoms with E-state index in [1.807, 2.05) is 60.1 Å². The molecule has 1 unspecified atom stereocenters. The number of aliphatic hydroxyl groups is 1. The second kappa shape index (κ2) is 22.1. The molecule has 272 valence electrons. The summed E-state index contributed by atoms with van der Waals surface area (Å²) < 4.78 is 1.81. The lowest BCUT2D eigenvalue weighted by Crippen LogP contribution is -2.58. The van der Waals surface area contributed by atoms with Gasteiger partial charge in [0.25, 0.3) is 5.91 Å². The molecule has 1 rings (SSSR count). The highest BCUT2D eigenvalue weighted by atomic mass is 16.3. The normalized spacial score (nSPS) is 15.1. The first-order valence-electron chi connectivity index (χ1n) is 17.5. The van der Waals surface area contributed by atoms with Gasteiger partial charge in [-0.2, -0.15) is 0 Å². The van der Waals surface area contributed by atoms with Crippen molar-refractivity contribution >= 4 is 29.5 Å². The molecular formula is C35H62N7O6+. The van der Waals surface area contributed by atoms with Crippen LogP contribution in [0.4, 0.5) is 0 Å². The van der Waals surface area contributed by atoms with E-state index < -0.39 is 42.0 Å². The van der Waals surface area contributed by atoms with Gasteiger partial charge in [-0.25, -0.2) is 4.57 Å². The highest BCUT2D eigenvalue weighted by molar-refractivity contribution is 5.98. The standard InChI is InChI=1S/C35H61N7O6/c1-10-13-28(39-35(48)30(24(8)11-2)41-31(44)25-14-17-42(9)18-15-25)33(46)38-26(20-22(4)5)21-37-27(16-19-43)32(45)40-29(23(6)7)34(47)36-12-3/h14-15,17-18,22-24,26-30,37,43H,10-13,16,19-21H2,1-9H3,(H4-,36,38,39,40,41,44,45,46,47,48)/p+1/t24-,26-,27-,28?,29-,30-/m0/s1. The molecule has 1 aromatic heterocycles. The van der Waals surface area contributed by atoms with Gasteiger partial charge in [-0.3, -0.25) is 24.0 Å². The molecule has 0 saturated carbocycles. The minimum atomic E-state index is -0.844. The van der Waals surface area contributed by atoms with Crippen LogP contribution in [0.1, 0.15) is 97.9 Å². The van der Waals surface area contributed by atoms with E-state index in [1.165, 1.54) is 0 Å². The van der Waals surface area contributed by atoms with Crippen LogP contribution in [-0.2, 0) is 26.2 Å². The van der Waals surface area contributed by atoms with Gasteiger partial charge in [0.1, 0.15) is 25.2 Å². The van der Waals surface area contributed by atoms with E-state index >= 15 is 0 Å².